The van der Waals surface area contributed by atoms with Crippen LogP contribution in [0.2, 0.25) is 0 Å². The molecule has 0 unspecified atom stereocenters. The van der Waals surface area contributed by atoms with Crippen LogP contribution in [0.25, 0.3) is 64.4 Å². The van der Waals surface area contributed by atoms with E-state index in [0.717, 1.165) is 96.4 Å². The van der Waals surface area contributed by atoms with Gasteiger partial charge in [0.15, 0.2) is 30.3 Å². The number of fused-ring (bicyclic) bond motifs is 11. The van der Waals surface area contributed by atoms with Gasteiger partial charge in [-0.25, -0.2) is 0 Å². The van der Waals surface area contributed by atoms with E-state index in [1.54, 1.807) is 0 Å². The van der Waals surface area contributed by atoms with E-state index in [2.05, 4.69) is 199 Å². The highest BCUT2D eigenvalue weighted by Crippen LogP contribution is 2.54. The molecule has 7 heteroatoms. The van der Waals surface area contributed by atoms with Crippen LogP contribution in [0.15, 0.2) is 168 Å². The Morgan fingerprint density at radius 2 is 1.25 bits per heavy atom. The molecule has 4 heterocycles. The number of hydrogen-bond donors (Lipinski definition) is 1. The van der Waals surface area contributed by atoms with Gasteiger partial charge < -0.3 is 24.1 Å². The molecule has 71 heavy (non-hydrogen) atoms. The number of nitrogens with zero attached hydrogens (tertiary/aromatic N) is 1. The van der Waals surface area contributed by atoms with Gasteiger partial charge in [-0.05, 0) is 119 Å². The molecule has 1 N–H and O–H groups in total. The molecule has 0 bridgehead atoms. The van der Waals surface area contributed by atoms with E-state index < -0.39 is 0 Å². The molecule has 1 aliphatic carbocycles. The second kappa shape index (κ2) is 15.4. The first-order valence-electron chi connectivity index (χ1n) is 24.8. The number of rotatable bonds is 5. The van der Waals surface area contributed by atoms with Crippen LogP contribution >= 0.6 is 11.3 Å². The van der Waals surface area contributed by atoms with E-state index in [1.807, 2.05) is 35.6 Å². The largest absolute Gasteiger partial charge is 0.456 e. The molecule has 3 aliphatic rings. The van der Waals surface area contributed by atoms with Crippen LogP contribution in [0.5, 0.6) is 23.0 Å². The number of hydrogen-bond acceptors (Lipinski definition) is 6. The van der Waals surface area contributed by atoms with Gasteiger partial charge in [-0.15, -0.1) is 11.3 Å². The number of thiophene rings is 1. The van der Waals surface area contributed by atoms with Crippen LogP contribution in [-0.4, -0.2) is 7.28 Å². The lowest BCUT2D eigenvalue weighted by molar-refractivity contribution is 0.332. The lowest BCUT2D eigenvalue weighted by Gasteiger charge is -2.44. The summed E-state index contributed by atoms with van der Waals surface area (Å²) < 4.78 is 22.9. The Morgan fingerprint density at radius 1 is 0.563 bits per heavy atom. The van der Waals surface area contributed by atoms with E-state index in [-0.39, 0.29) is 10.8 Å². The summed E-state index contributed by atoms with van der Waals surface area (Å²) in [5, 5.41) is 8.78. The van der Waals surface area contributed by atoms with Crippen molar-refractivity contribution >= 4 is 100 Å². The summed E-state index contributed by atoms with van der Waals surface area (Å²) in [4.78, 5) is 2.48. The van der Waals surface area contributed by atoms with Gasteiger partial charge >= 0.3 is 0 Å². The Bertz CT molecular complexity index is 4050. The van der Waals surface area contributed by atoms with Crippen LogP contribution in [0.4, 0.5) is 28.4 Å². The Labute approximate surface area is 418 Å². The number of nitrogens with one attached hydrogen (secondary N) is 1. The van der Waals surface area contributed by atoms with E-state index >= 15 is 0 Å². The molecule has 5 nitrogen and oxygen atoms in total. The van der Waals surface area contributed by atoms with Crippen molar-refractivity contribution in [2.24, 2.45) is 0 Å². The first-order valence-corrected chi connectivity index (χ1v) is 25.6. The summed E-state index contributed by atoms with van der Waals surface area (Å²) in [7, 11) is 2.38. The molecular weight excluding hydrogens is 888 g/mol. The molecule has 2 aromatic heterocycles. The number of para-hydroxylation sites is 3. The standard InChI is InChI=1S/C64H50BN2O3S/c1-36-24-27-47(43(30-36)38-16-8-7-9-17-38)66-61-42(26-25-40-39-18-11-15-23-57(39)71-62(40)61)59-58-41-19-10-12-20-51(41)68-56(58)35-50-60(59)65-46-33-54-55(70-53-22-14-13-21-52(53)69-54)34-49(46)67(50)48-32-45-44(31-37(48)2)63(3,4)28-29-64(45,5)6/h7-27,30-35,66H,28-29H2,1-6H3. The second-order valence-corrected chi connectivity index (χ2v) is 22.2. The number of ether oxygens (including phenoxy) is 2. The lowest BCUT2D eigenvalue weighted by Crippen LogP contribution is -2.41. The zero-order valence-electron chi connectivity index (χ0n) is 40.7. The highest BCUT2D eigenvalue weighted by atomic mass is 32.1. The normalized spacial score (nSPS) is 15.0. The fourth-order valence-corrected chi connectivity index (χ4v) is 13.0. The van der Waals surface area contributed by atoms with Crippen LogP contribution in [0.1, 0.15) is 62.8 Å². The molecule has 0 amide bonds. The highest BCUT2D eigenvalue weighted by molar-refractivity contribution is 7.26. The van der Waals surface area contributed by atoms with Gasteiger partial charge in [-0.2, -0.15) is 0 Å². The molecule has 0 saturated carbocycles. The number of benzene rings is 9. The van der Waals surface area contributed by atoms with Crippen molar-refractivity contribution in [3.05, 3.63) is 186 Å². The summed E-state index contributed by atoms with van der Waals surface area (Å²) in [5.41, 5.74) is 18.9. The van der Waals surface area contributed by atoms with Crippen molar-refractivity contribution in [2.75, 3.05) is 10.2 Å². The minimum absolute atomic E-state index is 0.0138. The van der Waals surface area contributed by atoms with Crippen LogP contribution in [-0.2, 0) is 10.8 Å². The summed E-state index contributed by atoms with van der Waals surface area (Å²) >= 11 is 1.84. The average Bonchev–Trinajstić information content (AvgIpc) is 3.95. The molecule has 2 aliphatic heterocycles. The summed E-state index contributed by atoms with van der Waals surface area (Å²) in [5.74, 6) is 2.77. The predicted octanol–water partition coefficient (Wildman–Crippen LogP) is 17.3. The van der Waals surface area contributed by atoms with Gasteiger partial charge in [-0.1, -0.05) is 142 Å². The fourth-order valence-electron chi connectivity index (χ4n) is 11.8. The molecule has 11 aromatic rings. The summed E-state index contributed by atoms with van der Waals surface area (Å²) in [6.07, 6.45) is 2.26. The van der Waals surface area contributed by atoms with Crippen LogP contribution in [0.3, 0.4) is 0 Å². The van der Waals surface area contributed by atoms with Gasteiger partial charge in [0.2, 0.25) is 0 Å². The third-order valence-electron chi connectivity index (χ3n) is 15.6. The molecule has 14 rings (SSSR count). The highest BCUT2D eigenvalue weighted by Gasteiger charge is 2.40. The number of aryl methyl sites for hydroxylation is 2. The van der Waals surface area contributed by atoms with Crippen molar-refractivity contribution in [1.29, 1.82) is 0 Å². The van der Waals surface area contributed by atoms with E-state index in [9.17, 15) is 0 Å². The number of furan rings is 1. The summed E-state index contributed by atoms with van der Waals surface area (Å²) in [6.45, 7) is 14.1. The maximum absolute atomic E-state index is 7.04. The first-order chi connectivity index (χ1) is 34.5. The molecule has 1 radical (unpaired) electrons. The molecular formula is C64H50BN2O3S. The van der Waals surface area contributed by atoms with Gasteiger partial charge in [0, 0.05) is 72.3 Å². The Morgan fingerprint density at radius 3 is 2.04 bits per heavy atom. The van der Waals surface area contributed by atoms with Gasteiger partial charge in [-0.3, -0.25) is 0 Å². The first kappa shape index (κ1) is 42.2. The van der Waals surface area contributed by atoms with Crippen molar-refractivity contribution < 1.29 is 13.9 Å². The zero-order valence-corrected chi connectivity index (χ0v) is 41.5. The van der Waals surface area contributed by atoms with Crippen LogP contribution < -0.4 is 30.6 Å². The maximum atomic E-state index is 7.04. The Balaban J connectivity index is 1.09. The van der Waals surface area contributed by atoms with Crippen molar-refractivity contribution in [3.63, 3.8) is 0 Å². The average molecular weight is 938 g/mol. The van der Waals surface area contributed by atoms with Crippen molar-refractivity contribution in [1.82, 2.24) is 0 Å². The maximum Gasteiger partial charge on any atom is 0.198 e. The monoisotopic (exact) mass is 937 g/mol. The lowest BCUT2D eigenvalue weighted by atomic mass is 9.57. The van der Waals surface area contributed by atoms with Crippen LogP contribution in [0, 0.1) is 13.8 Å². The van der Waals surface area contributed by atoms with Crippen molar-refractivity contribution in [2.45, 2.75) is 65.2 Å². The van der Waals surface area contributed by atoms with Crippen molar-refractivity contribution in [3.8, 4) is 45.3 Å². The van der Waals surface area contributed by atoms with E-state index in [0.29, 0.717) is 23.0 Å². The predicted molar refractivity (Wildman–Crippen MR) is 298 cm³/mol. The molecule has 0 saturated heterocycles. The van der Waals surface area contributed by atoms with Gasteiger partial charge in [0.05, 0.1) is 10.4 Å². The van der Waals surface area contributed by atoms with Gasteiger partial charge in [0.1, 0.15) is 11.2 Å². The zero-order chi connectivity index (χ0) is 47.9. The number of anilines is 5. The van der Waals surface area contributed by atoms with E-state index in [1.165, 1.54) is 42.4 Å². The van der Waals surface area contributed by atoms with E-state index in [4.69, 9.17) is 13.9 Å². The quantitative estimate of drug-likeness (QED) is 0.174. The summed E-state index contributed by atoms with van der Waals surface area (Å²) in [6, 6.07) is 59.0. The Hall–Kier alpha value is -7.74. The SMILES string of the molecule is Cc1ccc(Nc2c(-c3c4c(cc5oc6ccccc6c35)N(c3cc5c(cc3C)C(C)(C)CCC5(C)C)c3cc5c(cc3[B]4)Oc3ccccc3O5)ccc3c2sc2ccccc23)c(-c2ccccc2)c1. The minimum atomic E-state index is -0.0138. The molecule has 0 spiro atoms. The topological polar surface area (TPSA) is 46.9 Å². The molecule has 0 fully saturated rings. The Kier molecular flexibility index (Phi) is 9.14. The molecule has 343 valence electrons. The third kappa shape index (κ3) is 6.52. The third-order valence-corrected chi connectivity index (χ3v) is 16.8. The minimum Gasteiger partial charge on any atom is -0.456 e. The smallest absolute Gasteiger partial charge is 0.198 e. The van der Waals surface area contributed by atoms with Gasteiger partial charge in [0.25, 0.3) is 0 Å². The fraction of sp³-hybridized carbons (Fsp3) is 0.156. The molecule has 9 aromatic carbocycles. The second-order valence-electron chi connectivity index (χ2n) is 21.1. The molecule has 0 atom stereocenters.